The van der Waals surface area contributed by atoms with Gasteiger partial charge in [-0.15, -0.1) is 0 Å². The van der Waals surface area contributed by atoms with E-state index < -0.39 is 0 Å². The van der Waals surface area contributed by atoms with Crippen molar-refractivity contribution in [1.82, 2.24) is 14.9 Å². The van der Waals surface area contributed by atoms with Crippen molar-refractivity contribution in [3.8, 4) is 0 Å². The molecule has 23 heavy (non-hydrogen) atoms. The number of carbonyl (C=O) groups excluding carboxylic acids is 1. The Bertz CT molecular complexity index is 717. The number of benzene rings is 1. The molecule has 0 saturated carbocycles. The Kier molecular flexibility index (Phi) is 3.79. The summed E-state index contributed by atoms with van der Waals surface area (Å²) in [5.74, 6) is 0.0805. The van der Waals surface area contributed by atoms with Gasteiger partial charge in [-0.2, -0.15) is 0 Å². The molecule has 1 aliphatic heterocycles. The molecule has 1 fully saturated rings. The van der Waals surface area contributed by atoms with E-state index in [1.807, 2.05) is 11.0 Å². The number of nitrogens with zero attached hydrogens (tertiary/aromatic N) is 3. The molecule has 118 valence electrons. The summed E-state index contributed by atoms with van der Waals surface area (Å²) in [7, 11) is 0. The van der Waals surface area contributed by atoms with Crippen LogP contribution in [-0.4, -0.2) is 40.5 Å². The van der Waals surface area contributed by atoms with E-state index in [0.717, 1.165) is 24.1 Å². The molecule has 2 heterocycles. The molecule has 0 bridgehead atoms. The van der Waals surface area contributed by atoms with Crippen LogP contribution in [0.3, 0.4) is 0 Å². The maximum atomic E-state index is 12.8. The van der Waals surface area contributed by atoms with E-state index >= 15 is 0 Å². The highest BCUT2D eigenvalue weighted by atomic mass is 16.5. The smallest absolute Gasteiger partial charge is 0.254 e. The first kappa shape index (κ1) is 14.3. The van der Waals surface area contributed by atoms with Crippen molar-refractivity contribution in [3.63, 3.8) is 0 Å². The Balaban J connectivity index is 1.52. The Morgan fingerprint density at radius 3 is 3.00 bits per heavy atom. The van der Waals surface area contributed by atoms with Gasteiger partial charge in [0, 0.05) is 24.5 Å². The number of fused-ring (bicyclic) bond motifs is 1. The number of ether oxygens (including phenoxy) is 1. The van der Waals surface area contributed by atoms with Gasteiger partial charge in [-0.25, -0.2) is 0 Å². The van der Waals surface area contributed by atoms with E-state index in [1.165, 1.54) is 17.5 Å². The Morgan fingerprint density at radius 1 is 1.22 bits per heavy atom. The summed E-state index contributed by atoms with van der Waals surface area (Å²) in [6.45, 7) is 1.67. The number of hydrogen-bond acceptors (Lipinski definition) is 4. The second kappa shape index (κ2) is 6.08. The van der Waals surface area contributed by atoms with Gasteiger partial charge in [-0.1, -0.05) is 6.07 Å². The summed E-state index contributed by atoms with van der Waals surface area (Å²) in [4.78, 5) is 23.0. The highest BCUT2D eigenvalue weighted by molar-refractivity contribution is 5.94. The van der Waals surface area contributed by atoms with Gasteiger partial charge < -0.3 is 9.64 Å². The average molecular weight is 309 g/mol. The molecule has 0 radical (unpaired) electrons. The van der Waals surface area contributed by atoms with Crippen LogP contribution < -0.4 is 0 Å². The standard InChI is InChI=1S/C18H19N3O2/c22-18(15-5-4-13-2-1-3-14(13)10-15)21-8-9-23-17(12-21)16-11-19-6-7-20-16/h4-7,10-11,17H,1-3,8-9,12H2/t17-/m0/s1. The lowest BCUT2D eigenvalue weighted by atomic mass is 10.0. The number of aryl methyl sites for hydroxylation is 2. The van der Waals surface area contributed by atoms with Crippen LogP contribution in [-0.2, 0) is 17.6 Å². The van der Waals surface area contributed by atoms with E-state index in [2.05, 4.69) is 22.1 Å². The molecule has 5 nitrogen and oxygen atoms in total. The number of aromatic nitrogens is 2. The third-order valence-corrected chi connectivity index (χ3v) is 4.61. The van der Waals surface area contributed by atoms with Gasteiger partial charge in [-0.05, 0) is 42.5 Å². The molecule has 1 amide bonds. The van der Waals surface area contributed by atoms with Gasteiger partial charge in [0.1, 0.15) is 6.10 Å². The minimum absolute atomic E-state index is 0.0805. The summed E-state index contributed by atoms with van der Waals surface area (Å²) >= 11 is 0. The third-order valence-electron chi connectivity index (χ3n) is 4.61. The van der Waals surface area contributed by atoms with E-state index in [9.17, 15) is 4.79 Å². The summed E-state index contributed by atoms with van der Waals surface area (Å²) in [6, 6.07) is 6.13. The maximum absolute atomic E-state index is 12.8. The molecular weight excluding hydrogens is 290 g/mol. The first-order valence-corrected chi connectivity index (χ1v) is 8.10. The molecule has 1 saturated heterocycles. The van der Waals surface area contributed by atoms with Gasteiger partial charge in [0.25, 0.3) is 5.91 Å². The fourth-order valence-corrected chi connectivity index (χ4v) is 3.38. The van der Waals surface area contributed by atoms with Crippen LogP contribution in [0, 0.1) is 0 Å². The Morgan fingerprint density at radius 2 is 2.13 bits per heavy atom. The van der Waals surface area contributed by atoms with Crippen molar-refractivity contribution in [2.45, 2.75) is 25.4 Å². The topological polar surface area (TPSA) is 55.3 Å². The van der Waals surface area contributed by atoms with Crippen molar-refractivity contribution in [2.24, 2.45) is 0 Å². The number of carbonyl (C=O) groups is 1. The molecular formula is C18H19N3O2. The average Bonchev–Trinajstić information content (AvgIpc) is 3.09. The quantitative estimate of drug-likeness (QED) is 0.853. The van der Waals surface area contributed by atoms with Crippen molar-refractivity contribution in [3.05, 3.63) is 59.2 Å². The summed E-state index contributed by atoms with van der Waals surface area (Å²) in [6.07, 6.45) is 8.21. The predicted molar refractivity (Wildman–Crippen MR) is 85.1 cm³/mol. The Labute approximate surface area is 135 Å². The first-order chi connectivity index (χ1) is 11.3. The minimum Gasteiger partial charge on any atom is -0.368 e. The van der Waals surface area contributed by atoms with Crippen molar-refractivity contribution < 1.29 is 9.53 Å². The molecule has 1 aliphatic carbocycles. The van der Waals surface area contributed by atoms with Crippen molar-refractivity contribution in [2.75, 3.05) is 19.7 Å². The molecule has 4 rings (SSSR count). The van der Waals surface area contributed by atoms with Gasteiger partial charge >= 0.3 is 0 Å². The lowest BCUT2D eigenvalue weighted by molar-refractivity contribution is -0.0249. The maximum Gasteiger partial charge on any atom is 0.254 e. The minimum atomic E-state index is -0.198. The zero-order chi connectivity index (χ0) is 15.6. The number of hydrogen-bond donors (Lipinski definition) is 0. The molecule has 2 aromatic rings. The van der Waals surface area contributed by atoms with E-state index in [1.54, 1.807) is 18.6 Å². The van der Waals surface area contributed by atoms with Gasteiger partial charge in [-0.3, -0.25) is 14.8 Å². The molecule has 1 aromatic heterocycles. The summed E-state index contributed by atoms with van der Waals surface area (Å²) in [5.41, 5.74) is 4.28. The zero-order valence-corrected chi connectivity index (χ0v) is 12.9. The fraction of sp³-hybridized carbons (Fsp3) is 0.389. The van der Waals surface area contributed by atoms with Crippen LogP contribution in [0.2, 0.25) is 0 Å². The second-order valence-corrected chi connectivity index (χ2v) is 6.08. The van der Waals surface area contributed by atoms with Crippen LogP contribution >= 0.6 is 0 Å². The molecule has 0 spiro atoms. The van der Waals surface area contributed by atoms with Crippen LogP contribution in [0.1, 0.15) is 39.7 Å². The summed E-state index contributed by atoms with van der Waals surface area (Å²) < 4.78 is 5.76. The highest BCUT2D eigenvalue weighted by Gasteiger charge is 2.27. The van der Waals surface area contributed by atoms with Gasteiger partial charge in [0.15, 0.2) is 0 Å². The number of morpholine rings is 1. The normalized spacial score (nSPS) is 20.3. The number of amides is 1. The van der Waals surface area contributed by atoms with Crippen LogP contribution in [0.25, 0.3) is 0 Å². The molecule has 0 N–H and O–H groups in total. The number of rotatable bonds is 2. The van der Waals surface area contributed by atoms with E-state index in [4.69, 9.17) is 4.74 Å². The van der Waals surface area contributed by atoms with Gasteiger partial charge in [0.05, 0.1) is 25.0 Å². The van der Waals surface area contributed by atoms with Crippen LogP contribution in [0.4, 0.5) is 0 Å². The highest BCUT2D eigenvalue weighted by Crippen LogP contribution is 2.25. The molecule has 1 aromatic carbocycles. The third kappa shape index (κ3) is 2.84. The first-order valence-electron chi connectivity index (χ1n) is 8.10. The van der Waals surface area contributed by atoms with E-state index in [-0.39, 0.29) is 12.0 Å². The molecule has 2 aliphatic rings. The molecule has 0 unspecified atom stereocenters. The monoisotopic (exact) mass is 309 g/mol. The Hall–Kier alpha value is -2.27. The lowest BCUT2D eigenvalue weighted by Crippen LogP contribution is -2.42. The van der Waals surface area contributed by atoms with Crippen LogP contribution in [0.5, 0.6) is 0 Å². The lowest BCUT2D eigenvalue weighted by Gasteiger charge is -2.32. The summed E-state index contributed by atoms with van der Waals surface area (Å²) in [5, 5.41) is 0. The van der Waals surface area contributed by atoms with Crippen molar-refractivity contribution >= 4 is 5.91 Å². The van der Waals surface area contributed by atoms with E-state index in [0.29, 0.717) is 19.7 Å². The predicted octanol–water partition coefficient (Wildman–Crippen LogP) is 2.18. The molecule has 1 atom stereocenters. The van der Waals surface area contributed by atoms with Crippen molar-refractivity contribution in [1.29, 1.82) is 0 Å². The largest absolute Gasteiger partial charge is 0.368 e. The SMILES string of the molecule is O=C(c1ccc2c(c1)CCC2)N1CCO[C@H](c2cnccn2)C1. The second-order valence-electron chi connectivity index (χ2n) is 6.08. The fourth-order valence-electron chi connectivity index (χ4n) is 3.38. The molecule has 5 heteroatoms. The van der Waals surface area contributed by atoms with Crippen LogP contribution in [0.15, 0.2) is 36.8 Å². The zero-order valence-electron chi connectivity index (χ0n) is 12.9. The van der Waals surface area contributed by atoms with Gasteiger partial charge in [0.2, 0.25) is 0 Å².